The molecule has 244 valence electrons. The van der Waals surface area contributed by atoms with Gasteiger partial charge in [-0.3, -0.25) is 13.9 Å². The Balaban J connectivity index is 2.39. The summed E-state index contributed by atoms with van der Waals surface area (Å²) in [5, 5.41) is 8.90. The number of aryl methyl sites for hydroxylation is 1. The van der Waals surface area contributed by atoms with Crippen LogP contribution in [-0.4, -0.2) is 70.3 Å². The highest BCUT2D eigenvalue weighted by Gasteiger charge is 2.68. The van der Waals surface area contributed by atoms with Gasteiger partial charge in [0, 0.05) is 18.8 Å². The minimum absolute atomic E-state index is 0.100. The number of aromatic nitrogens is 2. The maximum absolute atomic E-state index is 13.6. The molecule has 2 aliphatic rings. The Bertz CT molecular complexity index is 1530. The standard InChI is InChI=1S/C28H49N3O9SSi2/c1-18-16-31(25(34)30(8)23(18)33)24-22(39-43(11,12)27(5,6)7)28(20(38-24)17-37-42(9,10)26(2,3)4)21(29)19(14-13-15-32)41(35,36)40-28/h13-14,16,20,22,24,32H,15,17,29H2,1-12H3/b14-13+/t20-,22+,24-,28+/m1/s1. The molecular formula is C28H49N3O9SSi2. The zero-order valence-electron chi connectivity index (χ0n) is 27.5. The van der Waals surface area contributed by atoms with Gasteiger partial charge in [0.25, 0.3) is 15.7 Å². The lowest BCUT2D eigenvalue weighted by atomic mass is 9.88. The molecule has 1 aromatic rings. The molecule has 0 aliphatic carbocycles. The molecule has 3 rings (SSSR count). The summed E-state index contributed by atoms with van der Waals surface area (Å²) in [6.45, 7) is 21.4. The summed E-state index contributed by atoms with van der Waals surface area (Å²) in [4.78, 5) is 25.8. The summed E-state index contributed by atoms with van der Waals surface area (Å²) in [6.07, 6.45) is 0.255. The first kappa shape index (κ1) is 35.6. The second kappa shape index (κ2) is 11.5. The highest BCUT2D eigenvalue weighted by atomic mass is 32.2. The van der Waals surface area contributed by atoms with Crippen molar-refractivity contribution in [2.45, 2.75) is 109 Å². The molecule has 1 spiro atoms. The third-order valence-electron chi connectivity index (χ3n) is 9.43. The summed E-state index contributed by atoms with van der Waals surface area (Å²) in [5.41, 5.74) is 3.80. The molecule has 0 unspecified atom stereocenters. The van der Waals surface area contributed by atoms with Crippen molar-refractivity contribution in [1.29, 1.82) is 0 Å². The third kappa shape index (κ3) is 6.19. The summed E-state index contributed by atoms with van der Waals surface area (Å²) >= 11 is 0. The average Bonchev–Trinajstić information content (AvgIpc) is 3.25. The predicted octanol–water partition coefficient (Wildman–Crippen LogP) is 2.98. The van der Waals surface area contributed by atoms with Crippen molar-refractivity contribution in [2.75, 3.05) is 13.2 Å². The molecule has 43 heavy (non-hydrogen) atoms. The quantitative estimate of drug-likeness (QED) is 0.314. The topological polar surface area (TPSA) is 161 Å². The molecule has 0 aromatic carbocycles. The van der Waals surface area contributed by atoms with Gasteiger partial charge in [0.1, 0.15) is 17.1 Å². The zero-order valence-corrected chi connectivity index (χ0v) is 30.3. The van der Waals surface area contributed by atoms with Gasteiger partial charge in [0.05, 0.1) is 18.9 Å². The van der Waals surface area contributed by atoms with E-state index in [2.05, 4.69) is 33.9 Å². The minimum Gasteiger partial charge on any atom is -0.414 e. The number of nitrogens with two attached hydrogens (primary N) is 1. The summed E-state index contributed by atoms with van der Waals surface area (Å²) < 4.78 is 55.4. The molecule has 0 radical (unpaired) electrons. The number of ether oxygens (including phenoxy) is 1. The highest BCUT2D eigenvalue weighted by molar-refractivity contribution is 7.91. The molecule has 1 fully saturated rings. The Morgan fingerprint density at radius 1 is 1.09 bits per heavy atom. The van der Waals surface area contributed by atoms with Crippen LogP contribution >= 0.6 is 0 Å². The lowest BCUT2D eigenvalue weighted by Gasteiger charge is -2.43. The molecule has 3 N–H and O–H groups in total. The van der Waals surface area contributed by atoms with Crippen molar-refractivity contribution >= 4 is 26.8 Å². The fourth-order valence-electron chi connectivity index (χ4n) is 4.64. The van der Waals surface area contributed by atoms with Crippen molar-refractivity contribution < 1.29 is 31.3 Å². The summed E-state index contributed by atoms with van der Waals surface area (Å²) in [5.74, 6) is 0. The van der Waals surface area contributed by atoms with Gasteiger partial charge in [0.15, 0.2) is 28.5 Å². The molecule has 15 heteroatoms. The van der Waals surface area contributed by atoms with Crippen LogP contribution in [0.1, 0.15) is 53.3 Å². The molecule has 0 amide bonds. The molecule has 4 atom stereocenters. The van der Waals surface area contributed by atoms with Crippen LogP contribution in [0.2, 0.25) is 36.3 Å². The van der Waals surface area contributed by atoms with Gasteiger partial charge in [-0.15, -0.1) is 0 Å². The first-order valence-corrected chi connectivity index (χ1v) is 21.6. The van der Waals surface area contributed by atoms with Gasteiger partial charge < -0.3 is 24.4 Å². The number of hydrogen-bond acceptors (Lipinski definition) is 10. The van der Waals surface area contributed by atoms with E-state index < -0.39 is 68.6 Å². The maximum atomic E-state index is 13.6. The number of aliphatic hydroxyl groups is 1. The van der Waals surface area contributed by atoms with Gasteiger partial charge >= 0.3 is 5.69 Å². The monoisotopic (exact) mass is 659 g/mol. The second-order valence-corrected chi connectivity index (χ2v) is 25.5. The number of allylic oxidation sites excluding steroid dienone is 1. The van der Waals surface area contributed by atoms with E-state index in [1.54, 1.807) is 6.92 Å². The Hall–Kier alpha value is -1.86. The fourth-order valence-corrected chi connectivity index (χ4v) is 8.35. The van der Waals surface area contributed by atoms with E-state index in [0.29, 0.717) is 0 Å². The molecule has 0 saturated carbocycles. The van der Waals surface area contributed by atoms with Crippen molar-refractivity contribution in [2.24, 2.45) is 12.8 Å². The largest absolute Gasteiger partial charge is 0.414 e. The first-order chi connectivity index (χ1) is 19.4. The van der Waals surface area contributed by atoms with Crippen LogP contribution in [0.15, 0.2) is 38.5 Å². The molecule has 0 bridgehead atoms. The smallest absolute Gasteiger partial charge is 0.332 e. The lowest BCUT2D eigenvalue weighted by molar-refractivity contribution is -0.0566. The Labute approximate surface area is 256 Å². The molecule has 2 aliphatic heterocycles. The Morgan fingerprint density at radius 3 is 2.16 bits per heavy atom. The van der Waals surface area contributed by atoms with E-state index in [9.17, 15) is 23.1 Å². The van der Waals surface area contributed by atoms with Crippen molar-refractivity contribution in [1.82, 2.24) is 9.13 Å². The van der Waals surface area contributed by atoms with E-state index in [1.165, 1.54) is 30.0 Å². The van der Waals surface area contributed by atoms with E-state index in [1.807, 2.05) is 33.9 Å². The summed E-state index contributed by atoms with van der Waals surface area (Å²) in [7, 11) is -8.24. The summed E-state index contributed by atoms with van der Waals surface area (Å²) in [6, 6.07) is 0. The van der Waals surface area contributed by atoms with Gasteiger partial charge in [-0.05, 0) is 49.3 Å². The van der Waals surface area contributed by atoms with Crippen molar-refractivity contribution in [3.8, 4) is 0 Å². The molecule has 1 saturated heterocycles. The number of hydrogen-bond donors (Lipinski definition) is 2. The molecule has 1 aromatic heterocycles. The fraction of sp³-hybridized carbons (Fsp3) is 0.714. The maximum Gasteiger partial charge on any atom is 0.332 e. The SMILES string of the molecule is Cc1cn([C@@H]2O[C@H](CO[Si](C)(C)C(C)(C)C)[C@@]3(OS(=O)(=O)C(/C=C/CO)=C3N)[C@H]2O[Si](C)(C)C(C)(C)C)c(=O)n(C)c1=O. The van der Waals surface area contributed by atoms with E-state index >= 15 is 0 Å². The Kier molecular flexibility index (Phi) is 9.52. The first-order valence-electron chi connectivity index (χ1n) is 14.3. The molecular weight excluding hydrogens is 611 g/mol. The van der Waals surface area contributed by atoms with Gasteiger partial charge in [-0.1, -0.05) is 47.6 Å². The van der Waals surface area contributed by atoms with Crippen molar-refractivity contribution in [3.05, 3.63) is 55.4 Å². The average molecular weight is 660 g/mol. The second-order valence-electron chi connectivity index (χ2n) is 14.4. The number of rotatable bonds is 8. The van der Waals surface area contributed by atoms with Crippen molar-refractivity contribution in [3.63, 3.8) is 0 Å². The number of nitrogens with zero attached hydrogens (tertiary/aromatic N) is 2. The van der Waals surface area contributed by atoms with Crippen LogP contribution in [0.4, 0.5) is 0 Å². The van der Waals surface area contributed by atoms with Crippen LogP contribution < -0.4 is 17.0 Å². The van der Waals surface area contributed by atoms with Crippen LogP contribution in [0.3, 0.4) is 0 Å². The highest BCUT2D eigenvalue weighted by Crippen LogP contribution is 2.53. The van der Waals surface area contributed by atoms with E-state index in [-0.39, 0.29) is 32.8 Å². The Morgan fingerprint density at radius 2 is 1.65 bits per heavy atom. The molecule has 12 nitrogen and oxygen atoms in total. The van der Waals surface area contributed by atoms with Crippen LogP contribution in [-0.2, 0) is 34.9 Å². The van der Waals surface area contributed by atoms with Gasteiger partial charge in [-0.2, -0.15) is 8.42 Å². The van der Waals surface area contributed by atoms with Gasteiger partial charge in [0.2, 0.25) is 0 Å². The normalized spacial score (nSPS) is 26.8. The van der Waals surface area contributed by atoms with E-state index in [4.69, 9.17) is 23.5 Å². The predicted molar refractivity (Wildman–Crippen MR) is 170 cm³/mol. The van der Waals surface area contributed by atoms with Crippen LogP contribution in [0.5, 0.6) is 0 Å². The minimum atomic E-state index is -4.45. The van der Waals surface area contributed by atoms with Crippen LogP contribution in [0, 0.1) is 6.92 Å². The zero-order chi connectivity index (χ0) is 33.1. The molecule has 3 heterocycles. The van der Waals surface area contributed by atoms with Gasteiger partial charge in [-0.25, -0.2) is 8.98 Å². The third-order valence-corrected chi connectivity index (χ3v) is 19.8. The number of aliphatic hydroxyl groups excluding tert-OH is 1. The lowest BCUT2D eigenvalue weighted by Crippen LogP contribution is -2.59. The van der Waals surface area contributed by atoms with Crippen LogP contribution in [0.25, 0.3) is 0 Å². The van der Waals surface area contributed by atoms with E-state index in [0.717, 1.165) is 4.57 Å².